The first-order valence-corrected chi connectivity index (χ1v) is 11.7. The lowest BCUT2D eigenvalue weighted by molar-refractivity contribution is -0.168. The van der Waals surface area contributed by atoms with Crippen LogP contribution in [-0.4, -0.2) is 63.5 Å². The molecule has 1 amide bonds. The monoisotopic (exact) mass is 439 g/mol. The van der Waals surface area contributed by atoms with Gasteiger partial charge in [-0.2, -0.15) is 11.3 Å². The molecule has 1 aromatic heterocycles. The number of allylic oxidation sites excluding steroid dienone is 1. The standard InChI is InChI=1S/C22H33NO6S/c1-2-28-22-18(5-8-26-10-11-27-9-7-24)19(17-6-12-30-15-17)13-20(29-22)21(25)23-14-16-3-4-16/h6,12-13,15-16,18-19,22,24H,2-5,7-11,14H2,1H3,(H,23,25)/t18-,19-,22-/m1/s1. The highest BCUT2D eigenvalue weighted by atomic mass is 32.1. The van der Waals surface area contributed by atoms with Crippen molar-refractivity contribution in [2.45, 2.75) is 38.4 Å². The molecule has 2 aliphatic rings. The normalized spacial score (nSPS) is 23.7. The van der Waals surface area contributed by atoms with Gasteiger partial charge >= 0.3 is 0 Å². The highest BCUT2D eigenvalue weighted by Crippen LogP contribution is 2.39. The van der Waals surface area contributed by atoms with Gasteiger partial charge in [-0.3, -0.25) is 4.79 Å². The van der Waals surface area contributed by atoms with Crippen LogP contribution < -0.4 is 5.32 Å². The fourth-order valence-corrected chi connectivity index (χ4v) is 4.24. The van der Waals surface area contributed by atoms with Crippen molar-refractivity contribution >= 4 is 17.2 Å². The van der Waals surface area contributed by atoms with Gasteiger partial charge in [0.15, 0.2) is 5.76 Å². The number of rotatable bonds is 14. The number of aliphatic hydroxyl groups is 1. The summed E-state index contributed by atoms with van der Waals surface area (Å²) in [5.74, 6) is 0.859. The van der Waals surface area contributed by atoms with Crippen molar-refractivity contribution in [3.63, 3.8) is 0 Å². The van der Waals surface area contributed by atoms with E-state index in [0.717, 1.165) is 12.0 Å². The topological polar surface area (TPSA) is 86.3 Å². The number of amides is 1. The fourth-order valence-electron chi connectivity index (χ4n) is 3.53. The maximum Gasteiger partial charge on any atom is 0.286 e. The number of hydrogen-bond donors (Lipinski definition) is 2. The number of thiophene rings is 1. The molecule has 3 atom stereocenters. The van der Waals surface area contributed by atoms with Gasteiger partial charge in [-0.15, -0.1) is 0 Å². The van der Waals surface area contributed by atoms with E-state index in [-0.39, 0.29) is 24.3 Å². The molecule has 1 saturated carbocycles. The molecule has 0 radical (unpaired) electrons. The van der Waals surface area contributed by atoms with Crippen LogP contribution in [0.25, 0.3) is 0 Å². The van der Waals surface area contributed by atoms with Crippen LogP contribution in [0.1, 0.15) is 37.7 Å². The van der Waals surface area contributed by atoms with Crippen molar-refractivity contribution in [1.29, 1.82) is 0 Å². The Morgan fingerprint density at radius 1 is 1.27 bits per heavy atom. The van der Waals surface area contributed by atoms with Crippen molar-refractivity contribution in [2.75, 3.05) is 46.2 Å². The van der Waals surface area contributed by atoms with Crippen LogP contribution in [0, 0.1) is 11.8 Å². The summed E-state index contributed by atoms with van der Waals surface area (Å²) in [5.41, 5.74) is 1.16. The molecule has 8 heteroatoms. The van der Waals surface area contributed by atoms with E-state index in [1.165, 1.54) is 12.8 Å². The predicted octanol–water partition coefficient (Wildman–Crippen LogP) is 2.67. The Labute approximate surface area is 182 Å². The molecule has 168 valence electrons. The smallest absolute Gasteiger partial charge is 0.286 e. The summed E-state index contributed by atoms with van der Waals surface area (Å²) in [6, 6.07) is 2.09. The van der Waals surface area contributed by atoms with Crippen molar-refractivity contribution in [2.24, 2.45) is 11.8 Å². The minimum atomic E-state index is -0.499. The number of hydrogen-bond acceptors (Lipinski definition) is 7. The van der Waals surface area contributed by atoms with E-state index in [1.54, 1.807) is 11.3 Å². The Morgan fingerprint density at radius 2 is 2.07 bits per heavy atom. The molecule has 0 saturated heterocycles. The van der Waals surface area contributed by atoms with E-state index in [1.807, 2.05) is 18.4 Å². The summed E-state index contributed by atoms with van der Waals surface area (Å²) < 4.78 is 22.8. The second-order valence-corrected chi connectivity index (χ2v) is 8.39. The molecule has 0 aromatic carbocycles. The average Bonchev–Trinajstić information content (AvgIpc) is 3.43. The Balaban J connectivity index is 1.64. The van der Waals surface area contributed by atoms with E-state index in [0.29, 0.717) is 51.3 Å². The predicted molar refractivity (Wildman–Crippen MR) is 114 cm³/mol. The first kappa shape index (κ1) is 23.2. The second-order valence-electron chi connectivity index (χ2n) is 7.61. The van der Waals surface area contributed by atoms with Gasteiger partial charge in [-0.1, -0.05) is 0 Å². The lowest BCUT2D eigenvalue weighted by Crippen LogP contribution is -2.39. The largest absolute Gasteiger partial charge is 0.459 e. The third-order valence-corrected chi connectivity index (χ3v) is 6.02. The van der Waals surface area contributed by atoms with Crippen molar-refractivity contribution in [1.82, 2.24) is 5.32 Å². The molecule has 0 bridgehead atoms. The number of aliphatic hydroxyl groups excluding tert-OH is 1. The van der Waals surface area contributed by atoms with Crippen LogP contribution in [0.5, 0.6) is 0 Å². The minimum absolute atomic E-state index is 0.0146. The van der Waals surface area contributed by atoms with E-state index >= 15 is 0 Å². The van der Waals surface area contributed by atoms with E-state index in [4.69, 9.17) is 24.1 Å². The Morgan fingerprint density at radius 3 is 2.73 bits per heavy atom. The molecule has 1 aromatic rings. The van der Waals surface area contributed by atoms with Gasteiger partial charge in [-0.05, 0) is 60.6 Å². The van der Waals surface area contributed by atoms with Crippen molar-refractivity contribution in [3.05, 3.63) is 34.2 Å². The van der Waals surface area contributed by atoms with Crippen LogP contribution in [0.15, 0.2) is 28.7 Å². The number of carbonyl (C=O) groups excluding carboxylic acids is 1. The van der Waals surface area contributed by atoms with E-state index in [2.05, 4.69) is 16.8 Å². The van der Waals surface area contributed by atoms with Crippen LogP contribution in [0.4, 0.5) is 0 Å². The van der Waals surface area contributed by atoms with Gasteiger partial charge in [0.1, 0.15) is 0 Å². The first-order valence-electron chi connectivity index (χ1n) is 10.8. The quantitative estimate of drug-likeness (QED) is 0.434. The second kappa shape index (κ2) is 12.4. The number of ether oxygens (including phenoxy) is 4. The molecule has 3 rings (SSSR count). The average molecular weight is 440 g/mol. The molecular formula is C22H33NO6S. The highest BCUT2D eigenvalue weighted by molar-refractivity contribution is 7.08. The zero-order valence-electron chi connectivity index (χ0n) is 17.6. The number of carbonyl (C=O) groups is 1. The Hall–Kier alpha value is -1.45. The summed E-state index contributed by atoms with van der Waals surface area (Å²) in [5, 5.41) is 15.9. The van der Waals surface area contributed by atoms with Gasteiger partial charge in [0.25, 0.3) is 5.91 Å². The summed E-state index contributed by atoms with van der Waals surface area (Å²) in [6.45, 7) is 4.94. The van der Waals surface area contributed by atoms with Gasteiger partial charge in [0, 0.05) is 31.6 Å². The molecule has 2 N–H and O–H groups in total. The van der Waals surface area contributed by atoms with Crippen LogP contribution >= 0.6 is 11.3 Å². The Kier molecular flexibility index (Phi) is 9.61. The molecule has 1 aliphatic carbocycles. The highest BCUT2D eigenvalue weighted by Gasteiger charge is 2.38. The molecule has 30 heavy (non-hydrogen) atoms. The van der Waals surface area contributed by atoms with Gasteiger partial charge in [0.05, 0.1) is 26.4 Å². The van der Waals surface area contributed by atoms with Gasteiger partial charge in [0.2, 0.25) is 6.29 Å². The van der Waals surface area contributed by atoms with Crippen molar-refractivity contribution < 1.29 is 28.8 Å². The maximum atomic E-state index is 12.7. The Bertz CT molecular complexity index is 661. The summed E-state index contributed by atoms with van der Waals surface area (Å²) in [4.78, 5) is 12.7. The summed E-state index contributed by atoms with van der Waals surface area (Å²) >= 11 is 1.64. The number of nitrogens with one attached hydrogen (secondary N) is 1. The molecular weight excluding hydrogens is 406 g/mol. The molecule has 0 spiro atoms. The summed E-state index contributed by atoms with van der Waals surface area (Å²) in [6.07, 6.45) is 4.55. The maximum absolute atomic E-state index is 12.7. The SMILES string of the molecule is CCO[C@@H]1OC(C(=O)NCC2CC2)=C[C@H](c2ccsc2)[C@H]1CCOCCOCCO. The molecule has 7 nitrogen and oxygen atoms in total. The molecule has 1 aliphatic heterocycles. The lowest BCUT2D eigenvalue weighted by atomic mass is 9.82. The first-order chi connectivity index (χ1) is 14.7. The lowest BCUT2D eigenvalue weighted by Gasteiger charge is -2.36. The molecule has 1 fully saturated rings. The summed E-state index contributed by atoms with van der Waals surface area (Å²) in [7, 11) is 0. The molecule has 0 unspecified atom stereocenters. The van der Waals surface area contributed by atoms with E-state index in [9.17, 15) is 4.79 Å². The van der Waals surface area contributed by atoms with Crippen LogP contribution in [-0.2, 0) is 23.7 Å². The van der Waals surface area contributed by atoms with Gasteiger partial charge in [-0.25, -0.2) is 0 Å². The van der Waals surface area contributed by atoms with Crippen molar-refractivity contribution in [3.8, 4) is 0 Å². The zero-order valence-corrected chi connectivity index (χ0v) is 18.4. The minimum Gasteiger partial charge on any atom is -0.459 e. The third-order valence-electron chi connectivity index (χ3n) is 5.32. The van der Waals surface area contributed by atoms with Crippen LogP contribution in [0.3, 0.4) is 0 Å². The van der Waals surface area contributed by atoms with Gasteiger partial charge < -0.3 is 29.4 Å². The van der Waals surface area contributed by atoms with Crippen LogP contribution in [0.2, 0.25) is 0 Å². The molecule has 2 heterocycles. The zero-order chi connectivity index (χ0) is 21.2. The van der Waals surface area contributed by atoms with E-state index < -0.39 is 6.29 Å². The third kappa shape index (κ3) is 7.06. The fraction of sp³-hybridized carbons (Fsp3) is 0.682.